The van der Waals surface area contributed by atoms with E-state index in [1.807, 2.05) is 37.3 Å². The maximum absolute atomic E-state index is 8.63. The second-order valence-corrected chi connectivity index (χ2v) is 3.10. The van der Waals surface area contributed by atoms with Crippen LogP contribution in [0.5, 0.6) is 0 Å². The molecule has 0 aliphatic carbocycles. The molecule has 12 heavy (non-hydrogen) atoms. The predicted molar refractivity (Wildman–Crippen MR) is 44.3 cm³/mol. The third-order valence-corrected chi connectivity index (χ3v) is 2.27. The molecule has 1 aromatic rings. The first kappa shape index (κ1) is 7.33. The standard InChI is InChI=1S/C10H9NO/c1-10(9(7-11)12-10)8-5-3-2-4-6-8/h2-6,9H,1H3/t9-,10-/m0/s1. The van der Waals surface area contributed by atoms with E-state index < -0.39 is 0 Å². The van der Waals surface area contributed by atoms with Crippen LogP contribution in [-0.4, -0.2) is 6.10 Å². The molecule has 0 aromatic heterocycles. The molecule has 60 valence electrons. The van der Waals surface area contributed by atoms with Gasteiger partial charge in [-0.3, -0.25) is 0 Å². The highest BCUT2D eigenvalue weighted by Gasteiger charge is 2.54. The van der Waals surface area contributed by atoms with Crippen LogP contribution < -0.4 is 0 Å². The van der Waals surface area contributed by atoms with Crippen LogP contribution in [0, 0.1) is 11.3 Å². The molecule has 1 aliphatic rings. The minimum atomic E-state index is -0.351. The first-order chi connectivity index (χ1) is 5.77. The summed E-state index contributed by atoms with van der Waals surface area (Å²) in [5, 5.41) is 8.63. The van der Waals surface area contributed by atoms with Gasteiger partial charge in [0, 0.05) is 0 Å². The molecule has 0 N–H and O–H groups in total. The number of ether oxygens (including phenoxy) is 1. The fourth-order valence-electron chi connectivity index (χ4n) is 1.35. The Morgan fingerprint density at radius 3 is 2.58 bits per heavy atom. The average molecular weight is 159 g/mol. The molecule has 0 bridgehead atoms. The molecule has 0 spiro atoms. The first-order valence-corrected chi connectivity index (χ1v) is 3.90. The Bertz CT molecular complexity index is 327. The van der Waals surface area contributed by atoms with Gasteiger partial charge in [0.05, 0.1) is 6.07 Å². The topological polar surface area (TPSA) is 36.3 Å². The van der Waals surface area contributed by atoms with Crippen molar-refractivity contribution in [3.63, 3.8) is 0 Å². The lowest BCUT2D eigenvalue weighted by atomic mass is 9.98. The molecule has 0 amide bonds. The van der Waals surface area contributed by atoms with Gasteiger partial charge < -0.3 is 4.74 Å². The number of hydrogen-bond donors (Lipinski definition) is 0. The van der Waals surface area contributed by atoms with Crippen LogP contribution >= 0.6 is 0 Å². The minimum Gasteiger partial charge on any atom is -0.345 e. The summed E-state index contributed by atoms with van der Waals surface area (Å²) >= 11 is 0. The van der Waals surface area contributed by atoms with E-state index in [-0.39, 0.29) is 11.7 Å². The van der Waals surface area contributed by atoms with E-state index in [2.05, 4.69) is 6.07 Å². The quantitative estimate of drug-likeness (QED) is 0.586. The zero-order chi connectivity index (χ0) is 8.60. The summed E-state index contributed by atoms with van der Waals surface area (Å²) in [6.45, 7) is 1.94. The Hall–Kier alpha value is -1.33. The number of hydrogen-bond acceptors (Lipinski definition) is 2. The minimum absolute atomic E-state index is 0.264. The zero-order valence-corrected chi connectivity index (χ0v) is 6.82. The normalized spacial score (nSPS) is 32.5. The van der Waals surface area contributed by atoms with E-state index in [1.165, 1.54) is 0 Å². The number of rotatable bonds is 1. The highest BCUT2D eigenvalue weighted by atomic mass is 16.6. The summed E-state index contributed by atoms with van der Waals surface area (Å²) in [6, 6.07) is 11.9. The van der Waals surface area contributed by atoms with E-state index in [9.17, 15) is 0 Å². The van der Waals surface area contributed by atoms with Crippen molar-refractivity contribution in [1.82, 2.24) is 0 Å². The maximum atomic E-state index is 8.63. The van der Waals surface area contributed by atoms with Gasteiger partial charge in [0.1, 0.15) is 5.60 Å². The smallest absolute Gasteiger partial charge is 0.178 e. The largest absolute Gasteiger partial charge is 0.345 e. The molecule has 1 saturated heterocycles. The Kier molecular flexibility index (Phi) is 1.42. The van der Waals surface area contributed by atoms with Crippen molar-refractivity contribution >= 4 is 0 Å². The van der Waals surface area contributed by atoms with Crippen LogP contribution in [0.25, 0.3) is 0 Å². The SMILES string of the molecule is C[C@@]1(c2ccccc2)O[C@H]1C#N. The van der Waals surface area contributed by atoms with Gasteiger partial charge in [0.25, 0.3) is 0 Å². The van der Waals surface area contributed by atoms with Gasteiger partial charge in [-0.1, -0.05) is 30.3 Å². The zero-order valence-electron chi connectivity index (χ0n) is 6.82. The maximum Gasteiger partial charge on any atom is 0.178 e. The summed E-state index contributed by atoms with van der Waals surface area (Å²) in [5.41, 5.74) is 0.729. The van der Waals surface area contributed by atoms with E-state index in [0.717, 1.165) is 5.56 Å². The summed E-state index contributed by atoms with van der Waals surface area (Å²) < 4.78 is 5.28. The second kappa shape index (κ2) is 2.33. The van der Waals surface area contributed by atoms with Crippen molar-refractivity contribution in [2.24, 2.45) is 0 Å². The van der Waals surface area contributed by atoms with Crippen LogP contribution in [-0.2, 0) is 10.3 Å². The van der Waals surface area contributed by atoms with Gasteiger partial charge in [0.2, 0.25) is 0 Å². The Labute approximate surface area is 71.4 Å². The number of benzene rings is 1. The Morgan fingerprint density at radius 1 is 1.42 bits per heavy atom. The molecular formula is C10H9NO. The van der Waals surface area contributed by atoms with Crippen molar-refractivity contribution in [2.45, 2.75) is 18.6 Å². The van der Waals surface area contributed by atoms with Crippen molar-refractivity contribution < 1.29 is 4.74 Å². The van der Waals surface area contributed by atoms with Gasteiger partial charge in [0.15, 0.2) is 6.10 Å². The molecule has 0 radical (unpaired) electrons. The molecule has 0 unspecified atom stereocenters. The molecule has 1 heterocycles. The van der Waals surface area contributed by atoms with Crippen LogP contribution in [0.4, 0.5) is 0 Å². The molecule has 2 rings (SSSR count). The highest BCUT2D eigenvalue weighted by molar-refractivity contribution is 5.31. The molecule has 1 aromatic carbocycles. The lowest BCUT2D eigenvalue weighted by Gasteiger charge is -2.03. The highest BCUT2D eigenvalue weighted by Crippen LogP contribution is 2.45. The van der Waals surface area contributed by atoms with Gasteiger partial charge in [-0.05, 0) is 12.5 Å². The molecule has 2 nitrogen and oxygen atoms in total. The van der Waals surface area contributed by atoms with Crippen LogP contribution in [0.15, 0.2) is 30.3 Å². The predicted octanol–water partition coefficient (Wildman–Crippen LogP) is 1.82. The second-order valence-electron chi connectivity index (χ2n) is 3.10. The number of nitrogens with zero attached hydrogens (tertiary/aromatic N) is 1. The van der Waals surface area contributed by atoms with Crippen molar-refractivity contribution in [2.75, 3.05) is 0 Å². The van der Waals surface area contributed by atoms with E-state index in [1.54, 1.807) is 0 Å². The van der Waals surface area contributed by atoms with Gasteiger partial charge in [-0.15, -0.1) is 0 Å². The summed E-state index contributed by atoms with van der Waals surface area (Å²) in [7, 11) is 0. The van der Waals surface area contributed by atoms with Gasteiger partial charge >= 0.3 is 0 Å². The molecule has 1 aliphatic heterocycles. The Balaban J connectivity index is 2.30. The first-order valence-electron chi connectivity index (χ1n) is 3.90. The molecule has 1 fully saturated rings. The molecular weight excluding hydrogens is 150 g/mol. The molecule has 0 saturated carbocycles. The molecule has 2 heteroatoms. The lowest BCUT2D eigenvalue weighted by Crippen LogP contribution is -2.05. The van der Waals surface area contributed by atoms with Crippen molar-refractivity contribution in [3.05, 3.63) is 35.9 Å². The number of epoxide rings is 1. The summed E-state index contributed by atoms with van der Waals surface area (Å²) in [6.07, 6.45) is -0.264. The number of nitriles is 1. The van der Waals surface area contributed by atoms with Gasteiger partial charge in [-0.2, -0.15) is 5.26 Å². The lowest BCUT2D eigenvalue weighted by molar-refractivity contribution is 0.321. The summed E-state index contributed by atoms with van der Waals surface area (Å²) in [5.74, 6) is 0. The van der Waals surface area contributed by atoms with E-state index in [0.29, 0.717) is 0 Å². The van der Waals surface area contributed by atoms with Gasteiger partial charge in [-0.25, -0.2) is 0 Å². The summed E-state index contributed by atoms with van der Waals surface area (Å²) in [4.78, 5) is 0. The fourth-order valence-corrected chi connectivity index (χ4v) is 1.35. The van der Waals surface area contributed by atoms with Crippen molar-refractivity contribution in [1.29, 1.82) is 5.26 Å². The third-order valence-electron chi connectivity index (χ3n) is 2.27. The van der Waals surface area contributed by atoms with Crippen LogP contribution in [0.1, 0.15) is 12.5 Å². The fraction of sp³-hybridized carbons (Fsp3) is 0.300. The third kappa shape index (κ3) is 0.910. The van der Waals surface area contributed by atoms with Crippen LogP contribution in [0.3, 0.4) is 0 Å². The average Bonchev–Trinajstić information content (AvgIpc) is 2.81. The van der Waals surface area contributed by atoms with E-state index >= 15 is 0 Å². The van der Waals surface area contributed by atoms with Crippen molar-refractivity contribution in [3.8, 4) is 6.07 Å². The Morgan fingerprint density at radius 2 is 2.08 bits per heavy atom. The van der Waals surface area contributed by atoms with E-state index in [4.69, 9.17) is 10.00 Å². The van der Waals surface area contributed by atoms with Crippen LogP contribution in [0.2, 0.25) is 0 Å². The molecule has 2 atom stereocenters. The monoisotopic (exact) mass is 159 g/mol.